The zero-order valence-electron chi connectivity index (χ0n) is 17.8. The average molecular weight is 402 g/mol. The standard InChI is InChI=1S/C24H27N5O/c1-13(24(2,3)4)28-22-17-8-7-15(16-10-26-27-11-16)9-18(17)20-21(29-22)19(14-5-6-14)12-25-23(20)30/h7-14H,5-6H2,1-4H3,(H,25,30)(H,26,27)(H,28,29)/t13-/m1/s1. The predicted molar refractivity (Wildman–Crippen MR) is 122 cm³/mol. The van der Waals surface area contributed by atoms with Crippen LogP contribution in [0.3, 0.4) is 0 Å². The molecule has 1 aliphatic carbocycles. The van der Waals surface area contributed by atoms with Gasteiger partial charge in [0.1, 0.15) is 5.82 Å². The van der Waals surface area contributed by atoms with Crippen molar-refractivity contribution in [3.63, 3.8) is 0 Å². The van der Waals surface area contributed by atoms with Crippen molar-refractivity contribution < 1.29 is 0 Å². The highest BCUT2D eigenvalue weighted by molar-refractivity contribution is 6.11. The number of fused-ring (bicyclic) bond motifs is 3. The van der Waals surface area contributed by atoms with E-state index in [9.17, 15) is 4.79 Å². The van der Waals surface area contributed by atoms with Crippen molar-refractivity contribution >= 4 is 27.5 Å². The first kappa shape index (κ1) is 18.9. The van der Waals surface area contributed by atoms with E-state index in [1.54, 1.807) is 6.20 Å². The summed E-state index contributed by atoms with van der Waals surface area (Å²) >= 11 is 0. The molecule has 1 aliphatic rings. The van der Waals surface area contributed by atoms with Gasteiger partial charge in [-0.05, 0) is 48.3 Å². The molecule has 3 N–H and O–H groups in total. The average Bonchev–Trinajstić information content (AvgIpc) is 3.39. The Morgan fingerprint density at radius 2 is 1.93 bits per heavy atom. The van der Waals surface area contributed by atoms with Gasteiger partial charge >= 0.3 is 0 Å². The number of benzene rings is 1. The Kier molecular flexibility index (Phi) is 4.20. The summed E-state index contributed by atoms with van der Waals surface area (Å²) in [6.07, 6.45) is 7.82. The molecule has 30 heavy (non-hydrogen) atoms. The fraction of sp³-hybridized carbons (Fsp3) is 0.375. The number of aromatic amines is 2. The van der Waals surface area contributed by atoms with E-state index in [0.29, 0.717) is 11.3 Å². The van der Waals surface area contributed by atoms with Gasteiger partial charge in [-0.15, -0.1) is 0 Å². The number of pyridine rings is 2. The highest BCUT2D eigenvalue weighted by Gasteiger charge is 2.28. The summed E-state index contributed by atoms with van der Waals surface area (Å²) in [6.45, 7) is 8.82. The van der Waals surface area contributed by atoms with Gasteiger partial charge in [0.2, 0.25) is 0 Å². The Balaban J connectivity index is 1.82. The molecule has 6 nitrogen and oxygen atoms in total. The highest BCUT2D eigenvalue weighted by atomic mass is 16.1. The van der Waals surface area contributed by atoms with Crippen LogP contribution in [0.2, 0.25) is 0 Å². The van der Waals surface area contributed by atoms with Crippen molar-refractivity contribution in [2.45, 2.75) is 52.5 Å². The van der Waals surface area contributed by atoms with Crippen LogP contribution in [0.25, 0.3) is 32.8 Å². The quantitative estimate of drug-likeness (QED) is 0.411. The number of nitrogens with one attached hydrogen (secondary N) is 3. The van der Waals surface area contributed by atoms with Gasteiger partial charge < -0.3 is 10.3 Å². The molecule has 1 atom stereocenters. The highest BCUT2D eigenvalue weighted by Crippen LogP contribution is 2.43. The molecule has 0 spiro atoms. The molecule has 6 heteroatoms. The third kappa shape index (κ3) is 3.16. The molecule has 1 saturated carbocycles. The van der Waals surface area contributed by atoms with Crippen LogP contribution in [-0.4, -0.2) is 26.2 Å². The number of hydrogen-bond acceptors (Lipinski definition) is 4. The minimum Gasteiger partial charge on any atom is -0.367 e. The number of H-pyrrole nitrogens is 2. The third-order valence-corrected chi connectivity index (χ3v) is 6.36. The van der Waals surface area contributed by atoms with E-state index in [1.165, 1.54) is 0 Å². The van der Waals surface area contributed by atoms with E-state index in [1.807, 2.05) is 12.4 Å². The molecule has 154 valence electrons. The molecule has 3 heterocycles. The van der Waals surface area contributed by atoms with Crippen molar-refractivity contribution in [1.29, 1.82) is 0 Å². The van der Waals surface area contributed by atoms with Crippen LogP contribution in [0.15, 0.2) is 41.6 Å². The van der Waals surface area contributed by atoms with E-state index < -0.39 is 0 Å². The molecule has 0 radical (unpaired) electrons. The van der Waals surface area contributed by atoms with Gasteiger partial charge in [0.05, 0.1) is 17.1 Å². The summed E-state index contributed by atoms with van der Waals surface area (Å²) in [5.41, 5.74) is 3.97. The summed E-state index contributed by atoms with van der Waals surface area (Å²) in [5.74, 6) is 1.32. The lowest BCUT2D eigenvalue weighted by atomic mass is 9.88. The minimum absolute atomic E-state index is 0.0766. The Morgan fingerprint density at radius 1 is 1.13 bits per heavy atom. The first-order chi connectivity index (χ1) is 14.3. The first-order valence-corrected chi connectivity index (χ1v) is 10.6. The first-order valence-electron chi connectivity index (χ1n) is 10.6. The topological polar surface area (TPSA) is 86.5 Å². The lowest BCUT2D eigenvalue weighted by Crippen LogP contribution is -2.31. The van der Waals surface area contributed by atoms with Crippen LogP contribution < -0.4 is 10.9 Å². The Labute approximate surface area is 175 Å². The molecule has 1 fully saturated rings. The lowest BCUT2D eigenvalue weighted by Gasteiger charge is -2.29. The maximum Gasteiger partial charge on any atom is 0.258 e. The second kappa shape index (κ2) is 6.69. The largest absolute Gasteiger partial charge is 0.367 e. The van der Waals surface area contributed by atoms with Crippen LogP contribution in [0.1, 0.15) is 52.0 Å². The van der Waals surface area contributed by atoms with Crippen LogP contribution in [0.5, 0.6) is 0 Å². The van der Waals surface area contributed by atoms with Gasteiger partial charge in [0, 0.05) is 34.8 Å². The second-order valence-electron chi connectivity index (χ2n) is 9.51. The third-order valence-electron chi connectivity index (χ3n) is 6.36. The zero-order valence-corrected chi connectivity index (χ0v) is 17.8. The summed E-state index contributed by atoms with van der Waals surface area (Å²) in [4.78, 5) is 20.9. The van der Waals surface area contributed by atoms with E-state index in [0.717, 1.165) is 51.6 Å². The number of hydrogen-bond donors (Lipinski definition) is 3. The molecule has 3 aromatic heterocycles. The number of anilines is 1. The summed E-state index contributed by atoms with van der Waals surface area (Å²) < 4.78 is 0. The van der Waals surface area contributed by atoms with Crippen molar-refractivity contribution in [3.05, 3.63) is 52.7 Å². The maximum absolute atomic E-state index is 12.9. The van der Waals surface area contributed by atoms with Gasteiger partial charge in [-0.25, -0.2) is 4.98 Å². The number of aromatic nitrogens is 4. The van der Waals surface area contributed by atoms with E-state index in [4.69, 9.17) is 4.98 Å². The van der Waals surface area contributed by atoms with Crippen molar-refractivity contribution in [2.24, 2.45) is 5.41 Å². The zero-order chi connectivity index (χ0) is 21.0. The van der Waals surface area contributed by atoms with Crippen LogP contribution in [0, 0.1) is 5.41 Å². The van der Waals surface area contributed by atoms with E-state index >= 15 is 0 Å². The molecule has 0 unspecified atom stereocenters. The van der Waals surface area contributed by atoms with Gasteiger partial charge in [-0.3, -0.25) is 9.89 Å². The monoisotopic (exact) mass is 401 g/mol. The molecule has 1 aromatic carbocycles. The van der Waals surface area contributed by atoms with E-state index in [2.05, 4.69) is 66.4 Å². The fourth-order valence-electron chi connectivity index (χ4n) is 3.86. The number of rotatable bonds is 4. The smallest absolute Gasteiger partial charge is 0.258 e. The molecule has 0 saturated heterocycles. The van der Waals surface area contributed by atoms with Gasteiger partial charge in [-0.2, -0.15) is 5.10 Å². The second-order valence-corrected chi connectivity index (χ2v) is 9.51. The van der Waals surface area contributed by atoms with Crippen molar-refractivity contribution in [1.82, 2.24) is 20.2 Å². The Morgan fingerprint density at radius 3 is 2.60 bits per heavy atom. The summed E-state index contributed by atoms with van der Waals surface area (Å²) in [5, 5.41) is 13.1. The van der Waals surface area contributed by atoms with Gasteiger partial charge in [0.25, 0.3) is 5.56 Å². The van der Waals surface area contributed by atoms with Crippen molar-refractivity contribution in [3.8, 4) is 11.1 Å². The normalized spacial score (nSPS) is 15.6. The van der Waals surface area contributed by atoms with Gasteiger partial charge in [-0.1, -0.05) is 32.9 Å². The van der Waals surface area contributed by atoms with Gasteiger partial charge in [0.15, 0.2) is 0 Å². The Hall–Kier alpha value is -3.15. The predicted octanol–water partition coefficient (Wildman–Crippen LogP) is 5.19. The Bertz CT molecular complexity index is 1290. The van der Waals surface area contributed by atoms with E-state index in [-0.39, 0.29) is 17.0 Å². The molecule has 0 amide bonds. The summed E-state index contributed by atoms with van der Waals surface area (Å²) in [6, 6.07) is 6.42. The molecule has 5 rings (SSSR count). The minimum atomic E-state index is -0.0911. The number of nitrogens with zero attached hydrogens (tertiary/aromatic N) is 2. The fourth-order valence-corrected chi connectivity index (χ4v) is 3.86. The maximum atomic E-state index is 12.9. The molecular weight excluding hydrogens is 374 g/mol. The van der Waals surface area contributed by atoms with Crippen LogP contribution in [-0.2, 0) is 0 Å². The lowest BCUT2D eigenvalue weighted by molar-refractivity contribution is 0.359. The molecule has 0 aliphatic heterocycles. The molecular formula is C24H27N5O. The van der Waals surface area contributed by atoms with Crippen LogP contribution >= 0.6 is 0 Å². The SMILES string of the molecule is C[C@@H](Nc1nc2c(C3CC3)c[nH]c(=O)c2c2cc(-c3cn[nH]c3)ccc12)C(C)(C)C. The van der Waals surface area contributed by atoms with Crippen molar-refractivity contribution in [2.75, 3.05) is 5.32 Å². The molecule has 4 aromatic rings. The molecule has 0 bridgehead atoms. The van der Waals surface area contributed by atoms with Crippen LogP contribution in [0.4, 0.5) is 5.82 Å². The summed E-state index contributed by atoms with van der Waals surface area (Å²) in [7, 11) is 0.